The molecule has 0 radical (unpaired) electrons. The summed E-state index contributed by atoms with van der Waals surface area (Å²) in [5.74, 6) is 1.16. The SMILES string of the molecule is Cc1nn(-c2ccccc2)c(C)c1CN(C)C(=O)Cc1cc(Cl)c2c(c1)OCCCO2. The second kappa shape index (κ2) is 9.02. The van der Waals surface area contributed by atoms with Crippen LogP contribution in [0.1, 0.15) is 28.9 Å². The van der Waals surface area contributed by atoms with Gasteiger partial charge in [0.2, 0.25) is 5.91 Å². The number of fused-ring (bicyclic) bond motifs is 1. The van der Waals surface area contributed by atoms with Crippen LogP contribution in [0.3, 0.4) is 0 Å². The predicted molar refractivity (Wildman–Crippen MR) is 120 cm³/mol. The van der Waals surface area contributed by atoms with Gasteiger partial charge in [0, 0.05) is 31.3 Å². The number of aromatic nitrogens is 2. The van der Waals surface area contributed by atoms with E-state index in [0.717, 1.165) is 34.6 Å². The number of aryl methyl sites for hydroxylation is 1. The molecule has 0 atom stereocenters. The van der Waals surface area contributed by atoms with Gasteiger partial charge in [-0.2, -0.15) is 5.10 Å². The fraction of sp³-hybridized carbons (Fsp3) is 0.333. The molecule has 162 valence electrons. The molecule has 31 heavy (non-hydrogen) atoms. The van der Waals surface area contributed by atoms with Gasteiger partial charge < -0.3 is 14.4 Å². The average molecular weight is 440 g/mol. The molecule has 0 bridgehead atoms. The first-order chi connectivity index (χ1) is 14.9. The van der Waals surface area contributed by atoms with Gasteiger partial charge in [0.25, 0.3) is 0 Å². The number of halogens is 1. The number of nitrogens with zero attached hydrogens (tertiary/aromatic N) is 3. The van der Waals surface area contributed by atoms with Crippen molar-refractivity contribution in [2.24, 2.45) is 0 Å². The predicted octanol–water partition coefficient (Wildman–Crippen LogP) is 4.50. The number of benzene rings is 2. The third-order valence-electron chi connectivity index (χ3n) is 5.48. The van der Waals surface area contributed by atoms with E-state index in [1.807, 2.05) is 62.0 Å². The molecule has 1 amide bonds. The van der Waals surface area contributed by atoms with Gasteiger partial charge in [0.1, 0.15) is 0 Å². The largest absolute Gasteiger partial charge is 0.489 e. The standard InChI is InChI=1S/C24H26ClN3O3/c1-16-20(17(2)28(26-16)19-8-5-4-6-9-19)15-27(3)23(29)14-18-12-21(25)24-22(13-18)30-10-7-11-31-24/h4-6,8-9,12-13H,7,10-11,14-15H2,1-3H3. The molecule has 4 rings (SSSR count). The molecular formula is C24H26ClN3O3. The summed E-state index contributed by atoms with van der Waals surface area (Å²) in [5.41, 5.74) is 4.81. The summed E-state index contributed by atoms with van der Waals surface area (Å²) in [7, 11) is 1.81. The van der Waals surface area contributed by atoms with Gasteiger partial charge in [-0.05, 0) is 43.7 Å². The molecule has 0 N–H and O–H groups in total. The molecule has 2 aromatic carbocycles. The highest BCUT2D eigenvalue weighted by molar-refractivity contribution is 6.32. The number of likely N-dealkylation sites (N-methyl/N-ethyl adjacent to an activating group) is 1. The fourth-order valence-corrected chi connectivity index (χ4v) is 4.03. The average Bonchev–Trinajstić information content (AvgIpc) is 2.92. The summed E-state index contributed by atoms with van der Waals surface area (Å²) in [6, 6.07) is 13.6. The van der Waals surface area contributed by atoms with Crippen LogP contribution in [0.15, 0.2) is 42.5 Å². The van der Waals surface area contributed by atoms with Gasteiger partial charge in [-0.25, -0.2) is 4.68 Å². The van der Waals surface area contributed by atoms with Crippen molar-refractivity contribution in [3.8, 4) is 17.2 Å². The van der Waals surface area contributed by atoms with Gasteiger partial charge in [0.05, 0.1) is 36.0 Å². The van der Waals surface area contributed by atoms with Crippen LogP contribution in [0.5, 0.6) is 11.5 Å². The molecule has 0 spiro atoms. The summed E-state index contributed by atoms with van der Waals surface area (Å²) in [6.07, 6.45) is 1.04. The lowest BCUT2D eigenvalue weighted by molar-refractivity contribution is -0.129. The Morgan fingerprint density at radius 3 is 2.68 bits per heavy atom. The topological polar surface area (TPSA) is 56.6 Å². The fourth-order valence-electron chi connectivity index (χ4n) is 3.75. The monoisotopic (exact) mass is 439 g/mol. The molecule has 6 nitrogen and oxygen atoms in total. The maximum Gasteiger partial charge on any atom is 0.227 e. The second-order valence-electron chi connectivity index (χ2n) is 7.78. The zero-order valence-electron chi connectivity index (χ0n) is 18.0. The van der Waals surface area contributed by atoms with Crippen LogP contribution in [0.2, 0.25) is 5.02 Å². The molecule has 1 aromatic heterocycles. The summed E-state index contributed by atoms with van der Waals surface area (Å²) in [6.45, 7) is 5.64. The molecule has 7 heteroatoms. The highest BCUT2D eigenvalue weighted by Gasteiger charge is 2.20. The van der Waals surface area contributed by atoms with Crippen LogP contribution in [0.4, 0.5) is 0 Å². The number of amides is 1. The first-order valence-electron chi connectivity index (χ1n) is 10.4. The van der Waals surface area contributed by atoms with E-state index in [-0.39, 0.29) is 12.3 Å². The Morgan fingerprint density at radius 1 is 1.16 bits per heavy atom. The first-order valence-corrected chi connectivity index (χ1v) is 10.7. The molecule has 0 unspecified atom stereocenters. The number of hydrogen-bond donors (Lipinski definition) is 0. The molecular weight excluding hydrogens is 414 g/mol. The Hall–Kier alpha value is -2.99. The molecule has 2 heterocycles. The maximum atomic E-state index is 12.9. The zero-order valence-corrected chi connectivity index (χ0v) is 18.8. The lowest BCUT2D eigenvalue weighted by atomic mass is 10.1. The van der Waals surface area contributed by atoms with E-state index >= 15 is 0 Å². The van der Waals surface area contributed by atoms with Crippen molar-refractivity contribution in [1.29, 1.82) is 0 Å². The first kappa shape index (κ1) is 21.2. The molecule has 0 saturated heterocycles. The van der Waals surface area contributed by atoms with E-state index < -0.39 is 0 Å². The van der Waals surface area contributed by atoms with Gasteiger partial charge in [-0.3, -0.25) is 4.79 Å². The highest BCUT2D eigenvalue weighted by Crippen LogP contribution is 2.38. The van der Waals surface area contributed by atoms with Crippen LogP contribution in [0, 0.1) is 13.8 Å². The van der Waals surface area contributed by atoms with Crippen LogP contribution in [-0.2, 0) is 17.8 Å². The quantitative estimate of drug-likeness (QED) is 0.587. The smallest absolute Gasteiger partial charge is 0.227 e. The Balaban J connectivity index is 1.49. The summed E-state index contributed by atoms with van der Waals surface area (Å²) in [5, 5.41) is 5.15. The zero-order chi connectivity index (χ0) is 22.0. The number of para-hydroxylation sites is 1. The lowest BCUT2D eigenvalue weighted by Crippen LogP contribution is -2.28. The number of carbonyl (C=O) groups excluding carboxylic acids is 1. The normalized spacial score (nSPS) is 13.0. The highest BCUT2D eigenvalue weighted by atomic mass is 35.5. The van der Waals surface area contributed by atoms with E-state index in [1.54, 1.807) is 11.0 Å². The van der Waals surface area contributed by atoms with Crippen LogP contribution < -0.4 is 9.47 Å². The third kappa shape index (κ3) is 4.54. The minimum Gasteiger partial charge on any atom is -0.489 e. The number of ether oxygens (including phenoxy) is 2. The maximum absolute atomic E-state index is 12.9. The summed E-state index contributed by atoms with van der Waals surface area (Å²) >= 11 is 6.37. The van der Waals surface area contributed by atoms with Crippen molar-refractivity contribution in [3.63, 3.8) is 0 Å². The van der Waals surface area contributed by atoms with Crippen LogP contribution in [0.25, 0.3) is 5.69 Å². The number of rotatable bonds is 5. The molecule has 0 fully saturated rings. The molecule has 0 saturated carbocycles. The van der Waals surface area contributed by atoms with E-state index in [1.165, 1.54) is 0 Å². The Kier molecular flexibility index (Phi) is 6.18. The van der Waals surface area contributed by atoms with Gasteiger partial charge >= 0.3 is 0 Å². The minimum absolute atomic E-state index is 0.00295. The minimum atomic E-state index is -0.00295. The van der Waals surface area contributed by atoms with Crippen molar-refractivity contribution < 1.29 is 14.3 Å². The van der Waals surface area contributed by atoms with Gasteiger partial charge in [0.15, 0.2) is 11.5 Å². The molecule has 3 aromatic rings. The molecule has 0 aliphatic carbocycles. The van der Waals surface area contributed by atoms with E-state index in [0.29, 0.717) is 36.3 Å². The third-order valence-corrected chi connectivity index (χ3v) is 5.76. The van der Waals surface area contributed by atoms with Crippen molar-refractivity contribution in [3.05, 3.63) is 70.0 Å². The van der Waals surface area contributed by atoms with Crippen molar-refractivity contribution in [1.82, 2.24) is 14.7 Å². The van der Waals surface area contributed by atoms with Gasteiger partial charge in [-0.15, -0.1) is 0 Å². The number of hydrogen-bond acceptors (Lipinski definition) is 4. The van der Waals surface area contributed by atoms with Crippen LogP contribution in [-0.4, -0.2) is 40.8 Å². The number of carbonyl (C=O) groups is 1. The summed E-state index contributed by atoms with van der Waals surface area (Å²) < 4.78 is 13.3. The van der Waals surface area contributed by atoms with Crippen LogP contribution >= 0.6 is 11.6 Å². The van der Waals surface area contributed by atoms with E-state index in [2.05, 4.69) is 5.10 Å². The Morgan fingerprint density at radius 2 is 1.90 bits per heavy atom. The van der Waals surface area contributed by atoms with Crippen molar-refractivity contribution in [2.45, 2.75) is 33.2 Å². The van der Waals surface area contributed by atoms with Gasteiger partial charge in [-0.1, -0.05) is 29.8 Å². The summed E-state index contributed by atoms with van der Waals surface area (Å²) in [4.78, 5) is 14.7. The van der Waals surface area contributed by atoms with E-state index in [9.17, 15) is 4.79 Å². The molecule has 1 aliphatic rings. The van der Waals surface area contributed by atoms with Crippen molar-refractivity contribution >= 4 is 17.5 Å². The lowest BCUT2D eigenvalue weighted by Gasteiger charge is -2.18. The van der Waals surface area contributed by atoms with E-state index in [4.69, 9.17) is 21.1 Å². The second-order valence-corrected chi connectivity index (χ2v) is 8.19. The van der Waals surface area contributed by atoms with Crippen molar-refractivity contribution in [2.75, 3.05) is 20.3 Å². The molecule has 1 aliphatic heterocycles. The Bertz CT molecular complexity index is 1100. The Labute approximate surface area is 187 Å².